The Hall–Kier alpha value is -4.26. The van der Waals surface area contributed by atoms with E-state index < -0.39 is 27.8 Å². The van der Waals surface area contributed by atoms with Gasteiger partial charge in [0.2, 0.25) is 0 Å². The highest BCUT2D eigenvalue weighted by atomic mass is 16.5. The second kappa shape index (κ2) is 10.9. The first-order valence-corrected chi connectivity index (χ1v) is 14.9. The summed E-state index contributed by atoms with van der Waals surface area (Å²) in [5.41, 5.74) is -0.753. The van der Waals surface area contributed by atoms with Crippen LogP contribution in [0.3, 0.4) is 0 Å². The molecule has 1 unspecified atom stereocenters. The highest BCUT2D eigenvalue weighted by Gasteiger charge is 2.30. The Morgan fingerprint density at radius 2 is 1.07 bits per heavy atom. The zero-order valence-corrected chi connectivity index (χ0v) is 25.2. The molecule has 0 amide bonds. The van der Waals surface area contributed by atoms with Crippen LogP contribution >= 0.6 is 0 Å². The van der Waals surface area contributed by atoms with Crippen LogP contribution in [0.2, 0.25) is 0 Å². The number of hydrogen-bond donors (Lipinski definition) is 0. The lowest BCUT2D eigenvalue weighted by molar-refractivity contribution is 0.268. The number of hydrogen-bond acceptors (Lipinski definition) is 5. The first-order valence-electron chi connectivity index (χ1n) is 14.9. The van der Waals surface area contributed by atoms with Crippen molar-refractivity contribution < 1.29 is 4.74 Å². The molecule has 1 atom stereocenters. The van der Waals surface area contributed by atoms with Crippen LogP contribution in [0.4, 0.5) is 0 Å². The minimum absolute atomic E-state index is 0.123. The molecule has 0 aliphatic carbocycles. The molecule has 0 aliphatic heterocycles. The predicted molar refractivity (Wildman–Crippen MR) is 170 cm³/mol. The molecule has 0 saturated carbocycles. The summed E-state index contributed by atoms with van der Waals surface area (Å²) in [5, 5.41) is 0.597. The van der Waals surface area contributed by atoms with Gasteiger partial charge in [-0.2, -0.15) is 0 Å². The Bertz CT molecular complexity index is 1890. The highest BCUT2D eigenvalue weighted by Crippen LogP contribution is 2.33. The molecule has 0 fully saturated rings. The highest BCUT2D eigenvalue weighted by molar-refractivity contribution is 5.98. The van der Waals surface area contributed by atoms with E-state index in [9.17, 15) is 19.2 Å². The van der Waals surface area contributed by atoms with Crippen LogP contribution in [0.15, 0.2) is 79.8 Å². The lowest BCUT2D eigenvalue weighted by atomic mass is 9.78. The maximum atomic E-state index is 13.4. The summed E-state index contributed by atoms with van der Waals surface area (Å²) in [6.45, 7) is 12.5. The molecular formula is C35H38N2O5. The summed E-state index contributed by atoms with van der Waals surface area (Å²) in [4.78, 5) is 53.7. The Morgan fingerprint density at radius 1 is 0.619 bits per heavy atom. The van der Waals surface area contributed by atoms with Crippen LogP contribution in [0, 0.1) is 0 Å². The Labute approximate surface area is 244 Å². The van der Waals surface area contributed by atoms with Gasteiger partial charge in [-0.15, -0.1) is 0 Å². The summed E-state index contributed by atoms with van der Waals surface area (Å²) in [6.07, 6.45) is 4.19. The lowest BCUT2D eigenvalue weighted by Gasteiger charge is -2.28. The molecule has 2 heterocycles. The number of aromatic nitrogens is 2. The van der Waals surface area contributed by atoms with Gasteiger partial charge in [-0.1, -0.05) is 53.2 Å². The first-order chi connectivity index (χ1) is 20.0. The van der Waals surface area contributed by atoms with Gasteiger partial charge in [0.1, 0.15) is 11.5 Å². The molecule has 0 aliphatic rings. The summed E-state index contributed by atoms with van der Waals surface area (Å²) >= 11 is 0. The van der Waals surface area contributed by atoms with Gasteiger partial charge < -0.3 is 4.74 Å². The molecule has 5 rings (SSSR count). The van der Waals surface area contributed by atoms with Crippen LogP contribution in [-0.4, -0.2) is 9.13 Å². The van der Waals surface area contributed by atoms with E-state index in [0.29, 0.717) is 30.0 Å². The molecule has 0 N–H and O–H groups in total. The molecule has 0 bridgehead atoms. The van der Waals surface area contributed by atoms with E-state index in [4.69, 9.17) is 4.74 Å². The maximum absolute atomic E-state index is 13.4. The Kier molecular flexibility index (Phi) is 7.56. The van der Waals surface area contributed by atoms with Gasteiger partial charge in [0.15, 0.2) is 0 Å². The Morgan fingerprint density at radius 3 is 1.50 bits per heavy atom. The van der Waals surface area contributed by atoms with E-state index in [1.807, 2.05) is 32.9 Å². The molecular weight excluding hydrogens is 528 g/mol. The lowest BCUT2D eigenvalue weighted by Crippen LogP contribution is -2.42. The van der Waals surface area contributed by atoms with E-state index in [-0.39, 0.29) is 27.0 Å². The van der Waals surface area contributed by atoms with Gasteiger partial charge >= 0.3 is 0 Å². The average Bonchev–Trinajstić information content (AvgIpc) is 3.40. The van der Waals surface area contributed by atoms with Crippen molar-refractivity contribution in [1.82, 2.24) is 9.13 Å². The fraction of sp³-hybridized carbons (Fsp3) is 0.371. The molecule has 5 aromatic rings. The smallest absolute Gasteiger partial charge is 0.266 e. The molecule has 42 heavy (non-hydrogen) atoms. The molecule has 7 heteroatoms. The van der Waals surface area contributed by atoms with Crippen molar-refractivity contribution in [3.8, 4) is 17.2 Å². The van der Waals surface area contributed by atoms with Crippen LogP contribution in [0.1, 0.15) is 79.2 Å². The zero-order chi connectivity index (χ0) is 30.4. The normalized spacial score (nSPS) is 13.6. The van der Waals surface area contributed by atoms with Crippen LogP contribution in [-0.2, 0) is 11.0 Å². The van der Waals surface area contributed by atoms with Crippen molar-refractivity contribution in [2.45, 2.75) is 84.6 Å². The first kappa shape index (κ1) is 29.2. The van der Waals surface area contributed by atoms with Crippen molar-refractivity contribution >= 4 is 21.5 Å². The van der Waals surface area contributed by atoms with Crippen molar-refractivity contribution in [3.63, 3.8) is 0 Å². The third-order valence-corrected chi connectivity index (χ3v) is 9.42. The minimum Gasteiger partial charge on any atom is -0.457 e. The van der Waals surface area contributed by atoms with Crippen LogP contribution in [0.5, 0.6) is 11.5 Å². The van der Waals surface area contributed by atoms with Crippen LogP contribution < -0.4 is 27.0 Å². The second-order valence-corrected chi connectivity index (χ2v) is 11.8. The molecule has 0 saturated heterocycles. The summed E-state index contributed by atoms with van der Waals surface area (Å²) < 4.78 is 8.40. The van der Waals surface area contributed by atoms with Crippen molar-refractivity contribution in [2.75, 3.05) is 0 Å². The van der Waals surface area contributed by atoms with Gasteiger partial charge in [0.25, 0.3) is 22.2 Å². The van der Waals surface area contributed by atoms with E-state index in [1.54, 1.807) is 24.3 Å². The van der Waals surface area contributed by atoms with Gasteiger partial charge in [-0.05, 0) is 92.1 Å². The van der Waals surface area contributed by atoms with E-state index in [2.05, 4.69) is 32.9 Å². The summed E-state index contributed by atoms with van der Waals surface area (Å²) in [5.74, 6) is 1.26. The molecule has 0 spiro atoms. The number of benzene rings is 3. The van der Waals surface area contributed by atoms with Gasteiger partial charge in [0, 0.05) is 5.54 Å². The SMILES string of the molecule is CCCC(C)(CC)n1c(=O)c2cc3c(=O)n(-c4ccc(Oc5ccc(C(C)(CC)CC)cc5)cc4)c(=O)c3cc2c1=O. The largest absolute Gasteiger partial charge is 0.457 e. The quantitative estimate of drug-likeness (QED) is 0.188. The summed E-state index contributed by atoms with van der Waals surface area (Å²) in [6, 6.07) is 17.6. The molecule has 7 nitrogen and oxygen atoms in total. The van der Waals surface area contributed by atoms with Crippen molar-refractivity contribution in [3.05, 3.63) is 108 Å². The number of fused-ring (bicyclic) bond motifs is 2. The number of rotatable bonds is 10. The monoisotopic (exact) mass is 566 g/mol. The fourth-order valence-corrected chi connectivity index (χ4v) is 6.07. The molecule has 218 valence electrons. The van der Waals surface area contributed by atoms with E-state index in [0.717, 1.165) is 23.8 Å². The average molecular weight is 567 g/mol. The number of ether oxygens (including phenoxy) is 1. The fourth-order valence-electron chi connectivity index (χ4n) is 6.07. The molecule has 3 aromatic carbocycles. The van der Waals surface area contributed by atoms with Crippen molar-refractivity contribution in [1.29, 1.82) is 0 Å². The topological polar surface area (TPSA) is 87.4 Å². The predicted octanol–water partition coefficient (Wildman–Crippen LogP) is 6.70. The number of nitrogens with zero attached hydrogens (tertiary/aromatic N) is 2. The van der Waals surface area contributed by atoms with E-state index >= 15 is 0 Å². The zero-order valence-electron chi connectivity index (χ0n) is 25.2. The van der Waals surface area contributed by atoms with E-state index in [1.165, 1.54) is 22.3 Å². The van der Waals surface area contributed by atoms with Gasteiger partial charge in [-0.3, -0.25) is 23.7 Å². The van der Waals surface area contributed by atoms with Crippen molar-refractivity contribution in [2.24, 2.45) is 0 Å². The van der Waals surface area contributed by atoms with Crippen LogP contribution in [0.25, 0.3) is 27.2 Å². The molecule has 2 aromatic heterocycles. The maximum Gasteiger partial charge on any atom is 0.266 e. The molecule has 0 radical (unpaired) electrons. The van der Waals surface area contributed by atoms with Gasteiger partial charge in [-0.25, -0.2) is 4.57 Å². The van der Waals surface area contributed by atoms with Gasteiger partial charge in [0.05, 0.1) is 27.2 Å². The Balaban J connectivity index is 1.50. The summed E-state index contributed by atoms with van der Waals surface area (Å²) in [7, 11) is 0. The third kappa shape index (κ3) is 4.61. The minimum atomic E-state index is -0.635. The standard InChI is InChI=1S/C35H38N2O5/c1-7-19-35(6,10-4)37-32(40)28-20-26-27(21-29(28)33(37)41)31(39)36(30(26)38)23-13-17-25(18-14-23)42-24-15-11-22(12-16-24)34(5,8-2)9-3/h11-18,20-21H,7-10,19H2,1-6H3. The third-order valence-electron chi connectivity index (χ3n) is 9.42. The second-order valence-electron chi connectivity index (χ2n) is 11.8.